The molecule has 1 heterocycles. The first-order valence-electron chi connectivity index (χ1n) is 19.7. The molecule has 6 aliphatic rings. The summed E-state index contributed by atoms with van der Waals surface area (Å²) in [5, 5.41) is 9.60. The van der Waals surface area contributed by atoms with Crippen molar-refractivity contribution in [1.82, 2.24) is 4.90 Å². The Hall–Kier alpha value is -2.11. The molecule has 0 bridgehead atoms. The van der Waals surface area contributed by atoms with E-state index in [1.165, 1.54) is 43.3 Å². The Morgan fingerprint density at radius 3 is 2.18 bits per heavy atom. The number of amides is 1. The summed E-state index contributed by atoms with van der Waals surface area (Å²) in [6.07, 6.45) is 13.6. The molecule has 1 N–H and O–H groups in total. The maximum atomic E-state index is 14.0. The van der Waals surface area contributed by atoms with E-state index in [4.69, 9.17) is 4.74 Å². The van der Waals surface area contributed by atoms with Gasteiger partial charge < -0.3 is 14.7 Å². The summed E-state index contributed by atoms with van der Waals surface area (Å²) in [6, 6.07) is 0. The molecule has 0 radical (unpaired) electrons. The molecule has 6 heteroatoms. The van der Waals surface area contributed by atoms with Crippen molar-refractivity contribution < 1.29 is 24.2 Å². The zero-order valence-corrected chi connectivity index (χ0v) is 32.2. The molecule has 0 unspecified atom stereocenters. The summed E-state index contributed by atoms with van der Waals surface area (Å²) in [6.45, 7) is 28.4. The maximum Gasteiger partial charge on any atom is 0.309 e. The fraction of sp³-hybridized carbons (Fsp3) is 0.837. The van der Waals surface area contributed by atoms with Crippen molar-refractivity contribution in [1.29, 1.82) is 0 Å². The van der Waals surface area contributed by atoms with Gasteiger partial charge in [0.05, 0.1) is 11.8 Å². The second-order valence-electron chi connectivity index (χ2n) is 20.1. The van der Waals surface area contributed by atoms with Crippen LogP contribution in [0.5, 0.6) is 0 Å². The van der Waals surface area contributed by atoms with Crippen LogP contribution >= 0.6 is 0 Å². The van der Waals surface area contributed by atoms with Crippen LogP contribution in [-0.2, 0) is 19.1 Å². The number of carboxylic acids is 1. The van der Waals surface area contributed by atoms with Gasteiger partial charge in [-0.2, -0.15) is 0 Å². The molecular weight excluding hydrogens is 610 g/mol. The van der Waals surface area contributed by atoms with Crippen LogP contribution in [0.2, 0.25) is 0 Å². The molecule has 10 atom stereocenters. The number of carbonyl (C=O) groups is 3. The van der Waals surface area contributed by atoms with Gasteiger partial charge in [0.25, 0.3) is 0 Å². The number of nitrogens with zero attached hydrogens (tertiary/aromatic N) is 1. The van der Waals surface area contributed by atoms with E-state index < -0.39 is 11.4 Å². The smallest absolute Gasteiger partial charge is 0.309 e. The second kappa shape index (κ2) is 12.2. The number of piperidine rings is 1. The van der Waals surface area contributed by atoms with Gasteiger partial charge in [0.2, 0.25) is 5.91 Å². The predicted octanol–water partition coefficient (Wildman–Crippen LogP) is 9.63. The third kappa shape index (κ3) is 5.67. The molecule has 5 saturated carbocycles. The van der Waals surface area contributed by atoms with Crippen molar-refractivity contribution in [3.8, 4) is 0 Å². The van der Waals surface area contributed by atoms with Crippen LogP contribution < -0.4 is 0 Å². The first-order valence-corrected chi connectivity index (χ1v) is 19.7. The van der Waals surface area contributed by atoms with E-state index in [2.05, 4.69) is 59.6 Å². The lowest BCUT2D eigenvalue weighted by Crippen LogP contribution is -2.67. The van der Waals surface area contributed by atoms with Crippen molar-refractivity contribution >= 4 is 17.8 Å². The molecule has 0 spiro atoms. The average molecular weight is 678 g/mol. The van der Waals surface area contributed by atoms with Gasteiger partial charge in [0, 0.05) is 24.9 Å². The number of hydrogen-bond acceptors (Lipinski definition) is 4. The standard InChI is InChI=1S/C43H67NO5/c1-27(2)29-13-20-43(25-34(45)44-23-16-28(3)17-24-44)22-21-41(9)30(36(29)43)11-12-32-40(8)18-15-33(49-35(46)26-38(4,5)37(47)48)39(6,7)31(40)14-19-42(32,41)10/h29-33,36H,1,3,11-26H2,2,4-10H3,(H,47,48)/t29-,30+,31-,32+,33-,36+,40-,41+,42+,43+/m0/s1. The summed E-state index contributed by atoms with van der Waals surface area (Å²) in [5.41, 5.74) is 1.93. The number of aliphatic carboxylic acids is 1. The lowest BCUT2D eigenvalue weighted by molar-refractivity contribution is -0.250. The molecule has 6 nitrogen and oxygen atoms in total. The average Bonchev–Trinajstić information content (AvgIpc) is 3.38. The Morgan fingerprint density at radius 2 is 1.55 bits per heavy atom. The third-order valence-corrected chi connectivity index (χ3v) is 16.9. The van der Waals surface area contributed by atoms with E-state index in [-0.39, 0.29) is 45.6 Å². The molecule has 1 amide bonds. The van der Waals surface area contributed by atoms with Crippen LogP contribution in [0.25, 0.3) is 0 Å². The highest BCUT2D eigenvalue weighted by molar-refractivity contribution is 5.81. The molecule has 6 rings (SSSR count). The number of allylic oxidation sites excluding steroid dienone is 1. The van der Waals surface area contributed by atoms with E-state index in [1.54, 1.807) is 13.8 Å². The Morgan fingerprint density at radius 1 is 0.878 bits per heavy atom. The highest BCUT2D eigenvalue weighted by atomic mass is 16.5. The van der Waals surface area contributed by atoms with Crippen LogP contribution in [0.1, 0.15) is 145 Å². The van der Waals surface area contributed by atoms with Crippen LogP contribution in [0, 0.1) is 62.1 Å². The van der Waals surface area contributed by atoms with E-state index in [1.807, 2.05) is 0 Å². The molecule has 1 saturated heterocycles. The van der Waals surface area contributed by atoms with Gasteiger partial charge in [-0.3, -0.25) is 14.4 Å². The van der Waals surface area contributed by atoms with Crippen LogP contribution in [0.15, 0.2) is 24.3 Å². The zero-order chi connectivity index (χ0) is 35.9. The highest BCUT2D eigenvalue weighted by Gasteiger charge is 2.71. The number of rotatable bonds is 7. The maximum absolute atomic E-state index is 14.0. The minimum Gasteiger partial charge on any atom is -0.481 e. The largest absolute Gasteiger partial charge is 0.481 e. The van der Waals surface area contributed by atoms with Crippen molar-refractivity contribution in [3.63, 3.8) is 0 Å². The molecule has 6 fully saturated rings. The second-order valence-corrected chi connectivity index (χ2v) is 20.1. The minimum absolute atomic E-state index is 0.0861. The first-order chi connectivity index (χ1) is 22.7. The van der Waals surface area contributed by atoms with Gasteiger partial charge in [-0.1, -0.05) is 58.9 Å². The molecular formula is C43H67NO5. The Labute approximate surface area is 297 Å². The van der Waals surface area contributed by atoms with Crippen molar-refractivity contribution in [3.05, 3.63) is 24.3 Å². The molecule has 0 aromatic rings. The summed E-state index contributed by atoms with van der Waals surface area (Å²) in [7, 11) is 0. The fourth-order valence-corrected chi connectivity index (χ4v) is 13.9. The number of hydrogen-bond donors (Lipinski definition) is 1. The number of ether oxygens (including phenoxy) is 1. The topological polar surface area (TPSA) is 83.9 Å². The summed E-state index contributed by atoms with van der Waals surface area (Å²) in [4.78, 5) is 40.9. The fourth-order valence-electron chi connectivity index (χ4n) is 13.9. The normalized spacial score (nSPS) is 43.0. The predicted molar refractivity (Wildman–Crippen MR) is 194 cm³/mol. The van der Waals surface area contributed by atoms with Gasteiger partial charge in [-0.05, 0) is 149 Å². The molecule has 49 heavy (non-hydrogen) atoms. The zero-order valence-electron chi connectivity index (χ0n) is 32.2. The SMILES string of the molecule is C=C1CCN(C(=O)C[C@]23CC[C@@H](C(=C)C)[C@@H]2[C@H]2CC[C@@H]4[C@@]5(C)CC[C@H](OC(=O)CC(C)(C)C(=O)O)C(C)(C)[C@@H]5CC[C@@]4(C)[C@]2(C)CC3)CC1. The number of carbonyl (C=O) groups excluding carboxylic acids is 2. The summed E-state index contributed by atoms with van der Waals surface area (Å²) >= 11 is 0. The van der Waals surface area contributed by atoms with Crippen LogP contribution in [0.4, 0.5) is 0 Å². The summed E-state index contributed by atoms with van der Waals surface area (Å²) in [5.74, 6) is 1.68. The van der Waals surface area contributed by atoms with Crippen molar-refractivity contribution in [2.45, 2.75) is 151 Å². The molecule has 274 valence electrons. The van der Waals surface area contributed by atoms with E-state index in [0.29, 0.717) is 41.9 Å². The Balaban J connectivity index is 1.25. The minimum atomic E-state index is -1.14. The quantitative estimate of drug-likeness (QED) is 0.214. The Kier molecular flexibility index (Phi) is 9.17. The molecule has 0 aromatic carbocycles. The lowest BCUT2D eigenvalue weighted by Gasteiger charge is -2.73. The van der Waals surface area contributed by atoms with Gasteiger partial charge in [0.15, 0.2) is 0 Å². The van der Waals surface area contributed by atoms with Gasteiger partial charge >= 0.3 is 11.9 Å². The lowest BCUT2D eigenvalue weighted by atomic mass is 9.32. The number of carboxylic acid groups (broad SMARTS) is 1. The van der Waals surface area contributed by atoms with Crippen LogP contribution in [0.3, 0.4) is 0 Å². The highest BCUT2D eigenvalue weighted by Crippen LogP contribution is 2.78. The summed E-state index contributed by atoms with van der Waals surface area (Å²) < 4.78 is 6.18. The number of likely N-dealkylation sites (tertiary alicyclic amines) is 1. The van der Waals surface area contributed by atoms with E-state index >= 15 is 0 Å². The van der Waals surface area contributed by atoms with Gasteiger partial charge in [-0.15, -0.1) is 0 Å². The third-order valence-electron chi connectivity index (χ3n) is 16.9. The molecule has 5 aliphatic carbocycles. The monoisotopic (exact) mass is 678 g/mol. The van der Waals surface area contributed by atoms with Crippen LogP contribution in [-0.4, -0.2) is 47.0 Å². The van der Waals surface area contributed by atoms with E-state index in [9.17, 15) is 19.5 Å². The molecule has 0 aromatic heterocycles. The first kappa shape index (κ1) is 36.7. The number of esters is 1. The van der Waals surface area contributed by atoms with Crippen molar-refractivity contribution in [2.24, 2.45) is 62.1 Å². The van der Waals surface area contributed by atoms with Gasteiger partial charge in [0.1, 0.15) is 6.10 Å². The molecule has 1 aliphatic heterocycles. The van der Waals surface area contributed by atoms with Gasteiger partial charge in [-0.25, -0.2) is 0 Å². The van der Waals surface area contributed by atoms with E-state index in [0.717, 1.165) is 58.0 Å². The van der Waals surface area contributed by atoms with Crippen molar-refractivity contribution in [2.75, 3.05) is 13.1 Å². The number of fused-ring (bicyclic) bond motifs is 7. The Bertz CT molecular complexity index is 1390.